The summed E-state index contributed by atoms with van der Waals surface area (Å²) in [6.45, 7) is -1.82. The number of hydrogen-bond acceptors (Lipinski definition) is 2. The average Bonchev–Trinajstić information content (AvgIpc) is 3.06. The molecule has 3 rings (SSSR count). The molecule has 0 aliphatic heterocycles. The number of hydrogen-bond donors (Lipinski definition) is 1. The lowest BCUT2D eigenvalue weighted by Crippen LogP contribution is -2.08. The first-order valence-corrected chi connectivity index (χ1v) is 6.27. The van der Waals surface area contributed by atoms with E-state index in [0.29, 0.717) is 18.9 Å². The largest absolute Gasteiger partial charge is 0.340 e. The third kappa shape index (κ3) is 2.18. The molecular weight excluding hydrogens is 262 g/mol. The number of nitrogens with zero attached hydrogens (tertiary/aromatic N) is 3. The van der Waals surface area contributed by atoms with Crippen molar-refractivity contribution in [3.05, 3.63) is 54.2 Å². The number of fused-ring (bicyclic) bond motifs is 1. The van der Waals surface area contributed by atoms with Crippen molar-refractivity contribution in [3.8, 4) is 0 Å². The number of nitrogens with two attached hydrogens (primary N) is 1. The van der Waals surface area contributed by atoms with E-state index in [4.69, 9.17) is 5.73 Å². The molecule has 2 aromatic heterocycles. The highest BCUT2D eigenvalue weighted by molar-refractivity contribution is 5.80. The van der Waals surface area contributed by atoms with Crippen molar-refractivity contribution in [2.45, 2.75) is 19.6 Å². The van der Waals surface area contributed by atoms with Crippen LogP contribution in [0.4, 0.5) is 8.78 Å². The molecule has 20 heavy (non-hydrogen) atoms. The van der Waals surface area contributed by atoms with Gasteiger partial charge in [-0.2, -0.15) is 8.78 Å². The maximum atomic E-state index is 12.8. The van der Waals surface area contributed by atoms with Crippen LogP contribution in [0.2, 0.25) is 0 Å². The van der Waals surface area contributed by atoms with Gasteiger partial charge >= 0.3 is 6.55 Å². The lowest BCUT2D eigenvalue weighted by atomic mass is 10.1. The summed E-state index contributed by atoms with van der Waals surface area (Å²) >= 11 is 0. The van der Waals surface area contributed by atoms with Crippen molar-refractivity contribution in [3.63, 3.8) is 0 Å². The SMILES string of the molecule is NCc1ccc2ccn(Cc3nccn3C(F)F)c2c1. The summed E-state index contributed by atoms with van der Waals surface area (Å²) in [6.07, 6.45) is 4.55. The smallest absolute Gasteiger partial charge is 0.319 e. The number of rotatable bonds is 4. The summed E-state index contributed by atoms with van der Waals surface area (Å²) in [5.41, 5.74) is 7.61. The van der Waals surface area contributed by atoms with Crippen LogP contribution in [-0.2, 0) is 13.1 Å². The Morgan fingerprint density at radius 1 is 1.20 bits per heavy atom. The Morgan fingerprint density at radius 3 is 2.80 bits per heavy atom. The molecule has 0 atom stereocenters. The second-order valence-electron chi connectivity index (χ2n) is 4.57. The van der Waals surface area contributed by atoms with E-state index >= 15 is 0 Å². The Labute approximate surface area is 114 Å². The van der Waals surface area contributed by atoms with Gasteiger partial charge < -0.3 is 10.3 Å². The average molecular weight is 276 g/mol. The molecule has 6 heteroatoms. The number of alkyl halides is 2. The van der Waals surface area contributed by atoms with Gasteiger partial charge in [0.15, 0.2) is 0 Å². The Kier molecular flexibility index (Phi) is 3.23. The molecule has 0 amide bonds. The summed E-state index contributed by atoms with van der Waals surface area (Å²) in [7, 11) is 0. The zero-order valence-electron chi connectivity index (χ0n) is 10.7. The highest BCUT2D eigenvalue weighted by Gasteiger charge is 2.12. The van der Waals surface area contributed by atoms with E-state index in [2.05, 4.69) is 4.98 Å². The van der Waals surface area contributed by atoms with Crippen LogP contribution in [0.5, 0.6) is 0 Å². The van der Waals surface area contributed by atoms with Gasteiger partial charge in [0.25, 0.3) is 0 Å². The van der Waals surface area contributed by atoms with E-state index in [1.54, 1.807) is 0 Å². The predicted molar refractivity (Wildman–Crippen MR) is 72.4 cm³/mol. The molecule has 0 radical (unpaired) electrons. The van der Waals surface area contributed by atoms with Crippen LogP contribution in [0.3, 0.4) is 0 Å². The normalized spacial score (nSPS) is 11.6. The fourth-order valence-electron chi connectivity index (χ4n) is 2.29. The van der Waals surface area contributed by atoms with Crippen LogP contribution in [0.1, 0.15) is 17.9 Å². The summed E-state index contributed by atoms with van der Waals surface area (Å²) in [4.78, 5) is 4.00. The first-order chi connectivity index (χ1) is 9.69. The Morgan fingerprint density at radius 2 is 2.05 bits per heavy atom. The summed E-state index contributed by atoms with van der Waals surface area (Å²) in [6, 6.07) is 7.87. The van der Waals surface area contributed by atoms with Crippen molar-refractivity contribution in [1.82, 2.24) is 14.1 Å². The van der Waals surface area contributed by atoms with Gasteiger partial charge in [-0.15, -0.1) is 0 Å². The zero-order chi connectivity index (χ0) is 14.1. The second kappa shape index (κ2) is 5.05. The molecule has 2 heterocycles. The quantitative estimate of drug-likeness (QED) is 0.796. The van der Waals surface area contributed by atoms with Crippen LogP contribution in [0.15, 0.2) is 42.9 Å². The number of imidazole rings is 1. The van der Waals surface area contributed by atoms with Gasteiger partial charge in [-0.05, 0) is 23.1 Å². The fourth-order valence-corrected chi connectivity index (χ4v) is 2.29. The first-order valence-electron chi connectivity index (χ1n) is 6.27. The molecule has 0 aliphatic carbocycles. The monoisotopic (exact) mass is 276 g/mol. The van der Waals surface area contributed by atoms with Crippen molar-refractivity contribution < 1.29 is 8.78 Å². The van der Waals surface area contributed by atoms with Crippen molar-refractivity contribution in [1.29, 1.82) is 0 Å². The van der Waals surface area contributed by atoms with E-state index in [-0.39, 0.29) is 0 Å². The van der Waals surface area contributed by atoms with Crippen LogP contribution < -0.4 is 5.73 Å². The third-order valence-electron chi connectivity index (χ3n) is 3.34. The van der Waals surface area contributed by atoms with Gasteiger partial charge in [-0.3, -0.25) is 4.57 Å². The van der Waals surface area contributed by atoms with E-state index in [1.807, 2.05) is 35.0 Å². The van der Waals surface area contributed by atoms with Gasteiger partial charge in [-0.1, -0.05) is 12.1 Å². The third-order valence-corrected chi connectivity index (χ3v) is 3.34. The number of benzene rings is 1. The molecule has 0 saturated carbocycles. The summed E-state index contributed by atoms with van der Waals surface area (Å²) in [5.74, 6) is 0.329. The minimum Gasteiger partial charge on any atom is -0.340 e. The number of halogens is 2. The minimum absolute atomic E-state index is 0.300. The van der Waals surface area contributed by atoms with Crippen LogP contribution in [0, 0.1) is 0 Å². The van der Waals surface area contributed by atoms with E-state index in [0.717, 1.165) is 21.0 Å². The maximum absolute atomic E-state index is 12.8. The fraction of sp³-hybridized carbons (Fsp3) is 0.214. The lowest BCUT2D eigenvalue weighted by molar-refractivity contribution is 0.0667. The van der Waals surface area contributed by atoms with E-state index in [9.17, 15) is 8.78 Å². The van der Waals surface area contributed by atoms with Gasteiger partial charge in [0, 0.05) is 30.7 Å². The molecule has 4 nitrogen and oxygen atoms in total. The molecule has 0 spiro atoms. The lowest BCUT2D eigenvalue weighted by Gasteiger charge is -2.09. The van der Waals surface area contributed by atoms with Gasteiger partial charge in [0.1, 0.15) is 5.82 Å². The topological polar surface area (TPSA) is 48.8 Å². The highest BCUT2D eigenvalue weighted by Crippen LogP contribution is 2.20. The van der Waals surface area contributed by atoms with Crippen LogP contribution in [-0.4, -0.2) is 14.1 Å². The van der Waals surface area contributed by atoms with Crippen molar-refractivity contribution in [2.24, 2.45) is 5.73 Å². The van der Waals surface area contributed by atoms with Crippen LogP contribution >= 0.6 is 0 Å². The predicted octanol–water partition coefficient (Wildman–Crippen LogP) is 2.74. The maximum Gasteiger partial charge on any atom is 0.319 e. The summed E-state index contributed by atoms with van der Waals surface area (Å²) in [5, 5.41) is 1.05. The van der Waals surface area contributed by atoms with Crippen molar-refractivity contribution in [2.75, 3.05) is 0 Å². The Bertz CT molecular complexity index is 730. The zero-order valence-corrected chi connectivity index (χ0v) is 10.7. The minimum atomic E-state index is -2.58. The molecule has 0 fully saturated rings. The van der Waals surface area contributed by atoms with Crippen molar-refractivity contribution >= 4 is 10.9 Å². The van der Waals surface area contributed by atoms with E-state index in [1.165, 1.54) is 12.4 Å². The molecule has 1 aromatic carbocycles. The molecule has 0 aliphatic rings. The Balaban J connectivity index is 2.00. The van der Waals surface area contributed by atoms with Gasteiger partial charge in [0.2, 0.25) is 0 Å². The molecule has 0 bridgehead atoms. The van der Waals surface area contributed by atoms with Gasteiger partial charge in [0.05, 0.1) is 6.54 Å². The molecule has 2 N–H and O–H groups in total. The van der Waals surface area contributed by atoms with Gasteiger partial charge in [-0.25, -0.2) is 4.98 Å². The Hall–Kier alpha value is -2.21. The second-order valence-corrected chi connectivity index (χ2v) is 4.57. The standard InChI is InChI=1S/C14H14F2N4/c15-14(16)20-6-4-18-13(20)9-19-5-3-11-2-1-10(8-17)7-12(11)19/h1-7,14H,8-9,17H2. The molecule has 104 valence electrons. The first kappa shape index (κ1) is 12.8. The van der Waals surface area contributed by atoms with Crippen LogP contribution in [0.25, 0.3) is 10.9 Å². The number of aromatic nitrogens is 3. The summed E-state index contributed by atoms with van der Waals surface area (Å²) < 4.78 is 28.4. The molecule has 3 aromatic rings. The highest BCUT2D eigenvalue weighted by atomic mass is 19.3. The molecule has 0 unspecified atom stereocenters. The van der Waals surface area contributed by atoms with E-state index < -0.39 is 6.55 Å². The molecular formula is C14H14F2N4. The molecule has 0 saturated heterocycles.